The van der Waals surface area contributed by atoms with Gasteiger partial charge < -0.3 is 10.2 Å². The van der Waals surface area contributed by atoms with Crippen LogP contribution in [0.4, 0.5) is 0 Å². The van der Waals surface area contributed by atoms with Gasteiger partial charge in [0.2, 0.25) is 0 Å². The Balaban J connectivity index is 1.90. The second-order valence-corrected chi connectivity index (χ2v) is 4.01. The fraction of sp³-hybridized carbons (Fsp3) is 0.636. The summed E-state index contributed by atoms with van der Waals surface area (Å²) in [6.45, 7) is 5.12. The maximum absolute atomic E-state index is 5.84. The third-order valence-corrected chi connectivity index (χ3v) is 2.75. The smallest absolute Gasteiger partial charge is 0.118 e. The van der Waals surface area contributed by atoms with Crippen LogP contribution in [0.3, 0.4) is 0 Å². The fourth-order valence-electron chi connectivity index (χ4n) is 1.92. The van der Waals surface area contributed by atoms with Gasteiger partial charge in [0.15, 0.2) is 0 Å². The van der Waals surface area contributed by atoms with Crippen molar-refractivity contribution in [3.8, 4) is 0 Å². The van der Waals surface area contributed by atoms with E-state index >= 15 is 0 Å². The second kappa shape index (κ2) is 4.15. The largest absolute Gasteiger partial charge is 0.465 e. The molecule has 1 fully saturated rings. The molecule has 3 heteroatoms. The summed E-state index contributed by atoms with van der Waals surface area (Å²) < 4.78 is 5.65. The van der Waals surface area contributed by atoms with Crippen molar-refractivity contribution >= 4 is 0 Å². The minimum atomic E-state index is 0.357. The summed E-state index contributed by atoms with van der Waals surface area (Å²) in [4.78, 5) is 2.35. The van der Waals surface area contributed by atoms with Crippen LogP contribution in [0.1, 0.15) is 24.9 Å². The van der Waals surface area contributed by atoms with Gasteiger partial charge in [-0.25, -0.2) is 0 Å². The van der Waals surface area contributed by atoms with Crippen LogP contribution in [0, 0.1) is 0 Å². The van der Waals surface area contributed by atoms with Crippen LogP contribution in [0.2, 0.25) is 0 Å². The number of aryl methyl sites for hydroxylation is 1. The number of nitrogens with zero attached hydrogens (tertiary/aromatic N) is 1. The van der Waals surface area contributed by atoms with Gasteiger partial charge in [-0.1, -0.05) is 6.92 Å². The number of rotatable bonds is 3. The maximum Gasteiger partial charge on any atom is 0.118 e. The van der Waals surface area contributed by atoms with E-state index in [2.05, 4.69) is 24.0 Å². The van der Waals surface area contributed by atoms with Crippen LogP contribution in [-0.2, 0) is 13.0 Å². The fourth-order valence-corrected chi connectivity index (χ4v) is 1.92. The van der Waals surface area contributed by atoms with E-state index in [-0.39, 0.29) is 0 Å². The first-order valence-electron chi connectivity index (χ1n) is 5.33. The monoisotopic (exact) mass is 194 g/mol. The Morgan fingerprint density at radius 2 is 2.29 bits per heavy atom. The lowest BCUT2D eigenvalue weighted by molar-refractivity contribution is 0.290. The molecule has 0 saturated carbocycles. The number of hydrogen-bond acceptors (Lipinski definition) is 3. The van der Waals surface area contributed by atoms with Crippen molar-refractivity contribution in [3.05, 3.63) is 23.7 Å². The molecule has 3 nitrogen and oxygen atoms in total. The van der Waals surface area contributed by atoms with E-state index in [1.165, 1.54) is 0 Å². The van der Waals surface area contributed by atoms with Crippen LogP contribution in [0.5, 0.6) is 0 Å². The molecule has 0 spiro atoms. The molecule has 0 amide bonds. The Kier molecular flexibility index (Phi) is 2.89. The molecule has 0 bridgehead atoms. The topological polar surface area (TPSA) is 42.4 Å². The molecule has 1 aromatic rings. The predicted octanol–water partition coefficient (Wildman–Crippen LogP) is 1.38. The summed E-state index contributed by atoms with van der Waals surface area (Å²) in [6.07, 6.45) is 2.08. The summed E-state index contributed by atoms with van der Waals surface area (Å²) in [5.41, 5.74) is 5.84. The molecule has 0 radical (unpaired) electrons. The van der Waals surface area contributed by atoms with Gasteiger partial charge in [-0.15, -0.1) is 0 Å². The molecule has 2 rings (SSSR count). The highest BCUT2D eigenvalue weighted by molar-refractivity contribution is 5.07. The Bertz CT molecular complexity index is 295. The molecule has 1 aromatic heterocycles. The van der Waals surface area contributed by atoms with E-state index in [4.69, 9.17) is 10.2 Å². The molecular weight excluding hydrogens is 176 g/mol. The number of nitrogens with two attached hydrogens (primary N) is 1. The number of furan rings is 1. The Labute approximate surface area is 84.9 Å². The average Bonchev–Trinajstić information content (AvgIpc) is 2.76. The van der Waals surface area contributed by atoms with E-state index in [1.807, 2.05) is 0 Å². The molecule has 1 aliphatic heterocycles. The highest BCUT2D eigenvalue weighted by Crippen LogP contribution is 2.14. The zero-order valence-electron chi connectivity index (χ0n) is 8.70. The van der Waals surface area contributed by atoms with Crippen LogP contribution in [-0.4, -0.2) is 24.0 Å². The minimum absolute atomic E-state index is 0.357. The van der Waals surface area contributed by atoms with E-state index < -0.39 is 0 Å². The van der Waals surface area contributed by atoms with Crippen LogP contribution in [0.25, 0.3) is 0 Å². The van der Waals surface area contributed by atoms with Crippen molar-refractivity contribution in [2.75, 3.05) is 13.1 Å². The highest BCUT2D eigenvalue weighted by Gasteiger charge is 2.19. The van der Waals surface area contributed by atoms with Crippen molar-refractivity contribution in [2.24, 2.45) is 5.73 Å². The molecule has 1 aliphatic rings. The van der Waals surface area contributed by atoms with E-state index in [9.17, 15) is 0 Å². The first-order valence-corrected chi connectivity index (χ1v) is 5.33. The molecule has 0 aliphatic carbocycles. The third kappa shape index (κ3) is 2.16. The van der Waals surface area contributed by atoms with E-state index in [1.54, 1.807) is 0 Å². The van der Waals surface area contributed by atoms with Gasteiger partial charge in [-0.05, 0) is 18.6 Å². The molecule has 1 saturated heterocycles. The van der Waals surface area contributed by atoms with Crippen LogP contribution in [0.15, 0.2) is 16.5 Å². The normalized spacial score (nSPS) is 23.1. The molecule has 0 aromatic carbocycles. The lowest BCUT2D eigenvalue weighted by Crippen LogP contribution is -2.26. The molecule has 78 valence electrons. The van der Waals surface area contributed by atoms with Gasteiger partial charge in [-0.3, -0.25) is 4.90 Å². The zero-order chi connectivity index (χ0) is 9.97. The zero-order valence-corrected chi connectivity index (χ0v) is 8.70. The number of likely N-dealkylation sites (tertiary alicyclic amines) is 1. The maximum atomic E-state index is 5.84. The molecule has 1 unspecified atom stereocenters. The van der Waals surface area contributed by atoms with Gasteiger partial charge in [0.05, 0.1) is 6.54 Å². The second-order valence-electron chi connectivity index (χ2n) is 4.01. The third-order valence-electron chi connectivity index (χ3n) is 2.75. The Morgan fingerprint density at radius 3 is 2.86 bits per heavy atom. The van der Waals surface area contributed by atoms with Gasteiger partial charge in [0.25, 0.3) is 0 Å². The minimum Gasteiger partial charge on any atom is -0.465 e. The summed E-state index contributed by atoms with van der Waals surface area (Å²) in [6, 6.07) is 4.49. The van der Waals surface area contributed by atoms with Gasteiger partial charge >= 0.3 is 0 Å². The van der Waals surface area contributed by atoms with Crippen LogP contribution >= 0.6 is 0 Å². The quantitative estimate of drug-likeness (QED) is 0.790. The van der Waals surface area contributed by atoms with Crippen molar-refractivity contribution < 1.29 is 4.42 Å². The standard InChI is InChI=1S/C11H18N2O/c1-2-10-3-4-11(14-10)8-13-6-5-9(12)7-13/h3-4,9H,2,5-8,12H2,1H3. The van der Waals surface area contributed by atoms with E-state index in [0.717, 1.165) is 44.0 Å². The predicted molar refractivity (Wildman–Crippen MR) is 56.0 cm³/mol. The summed E-state index contributed by atoms with van der Waals surface area (Å²) in [5, 5.41) is 0. The molecule has 14 heavy (non-hydrogen) atoms. The van der Waals surface area contributed by atoms with E-state index in [0.29, 0.717) is 6.04 Å². The average molecular weight is 194 g/mol. The summed E-state index contributed by atoms with van der Waals surface area (Å²) >= 11 is 0. The van der Waals surface area contributed by atoms with Crippen molar-refractivity contribution in [1.82, 2.24) is 4.90 Å². The summed E-state index contributed by atoms with van der Waals surface area (Å²) in [5.74, 6) is 2.14. The first-order chi connectivity index (χ1) is 6.78. The lowest BCUT2D eigenvalue weighted by Gasteiger charge is -2.12. The van der Waals surface area contributed by atoms with Crippen molar-refractivity contribution in [1.29, 1.82) is 0 Å². The summed E-state index contributed by atoms with van der Waals surface area (Å²) in [7, 11) is 0. The SMILES string of the molecule is CCc1ccc(CN2CCC(N)C2)o1. The molecule has 2 N–H and O–H groups in total. The van der Waals surface area contributed by atoms with Crippen molar-refractivity contribution in [3.63, 3.8) is 0 Å². The molecular formula is C11H18N2O. The van der Waals surface area contributed by atoms with Crippen molar-refractivity contribution in [2.45, 2.75) is 32.4 Å². The van der Waals surface area contributed by atoms with Gasteiger partial charge in [0, 0.05) is 25.6 Å². The Hall–Kier alpha value is -0.800. The lowest BCUT2D eigenvalue weighted by atomic mass is 10.3. The molecule has 2 heterocycles. The highest BCUT2D eigenvalue weighted by atomic mass is 16.3. The number of hydrogen-bond donors (Lipinski definition) is 1. The van der Waals surface area contributed by atoms with Crippen LogP contribution < -0.4 is 5.73 Å². The van der Waals surface area contributed by atoms with Gasteiger partial charge in [0.1, 0.15) is 11.5 Å². The Morgan fingerprint density at radius 1 is 1.50 bits per heavy atom. The van der Waals surface area contributed by atoms with Gasteiger partial charge in [-0.2, -0.15) is 0 Å². The molecule has 1 atom stereocenters. The first kappa shape index (κ1) is 9.74.